The van der Waals surface area contributed by atoms with E-state index in [1.54, 1.807) is 0 Å². The Kier molecular flexibility index (Phi) is 4.94. The standard InChI is InChI=1S/C21H16F2N6O2/c1-21(22,23)13-2-4-16(5-3-13)28-8-9-29-18(20(28)31)17(12-26-29)19(30)27-14-6-7-25-15(10-14)11-24/h2-7,10,12H,8-9H2,1H3,(H,25,27,30). The van der Waals surface area contributed by atoms with E-state index in [1.807, 2.05) is 6.07 Å². The lowest BCUT2D eigenvalue weighted by molar-refractivity contribution is 0.0175. The van der Waals surface area contributed by atoms with Gasteiger partial charge in [-0.25, -0.2) is 13.8 Å². The topological polar surface area (TPSA) is 104 Å². The third kappa shape index (κ3) is 3.85. The second-order valence-corrected chi connectivity index (χ2v) is 7.02. The highest BCUT2D eigenvalue weighted by molar-refractivity contribution is 6.15. The van der Waals surface area contributed by atoms with Crippen molar-refractivity contribution in [2.24, 2.45) is 0 Å². The molecular weight excluding hydrogens is 406 g/mol. The van der Waals surface area contributed by atoms with Crippen molar-refractivity contribution < 1.29 is 18.4 Å². The van der Waals surface area contributed by atoms with Crippen molar-refractivity contribution in [1.82, 2.24) is 14.8 Å². The summed E-state index contributed by atoms with van der Waals surface area (Å²) in [7, 11) is 0. The van der Waals surface area contributed by atoms with Crippen molar-refractivity contribution in [2.45, 2.75) is 19.4 Å². The molecule has 0 spiro atoms. The zero-order valence-electron chi connectivity index (χ0n) is 16.3. The number of halogens is 2. The lowest BCUT2D eigenvalue weighted by Crippen LogP contribution is -2.41. The van der Waals surface area contributed by atoms with Crippen LogP contribution in [0.25, 0.3) is 0 Å². The number of alkyl halides is 2. The van der Waals surface area contributed by atoms with Crippen LogP contribution in [0.15, 0.2) is 48.8 Å². The maximum absolute atomic E-state index is 13.5. The van der Waals surface area contributed by atoms with Gasteiger partial charge >= 0.3 is 0 Å². The van der Waals surface area contributed by atoms with Crippen molar-refractivity contribution in [3.63, 3.8) is 0 Å². The number of nitrogens with one attached hydrogen (secondary N) is 1. The van der Waals surface area contributed by atoms with Crippen LogP contribution in [-0.2, 0) is 12.5 Å². The van der Waals surface area contributed by atoms with Gasteiger partial charge in [0.25, 0.3) is 17.7 Å². The van der Waals surface area contributed by atoms with Crippen LogP contribution in [0.1, 0.15) is 39.0 Å². The van der Waals surface area contributed by atoms with Crippen LogP contribution in [0.4, 0.5) is 20.2 Å². The van der Waals surface area contributed by atoms with Crippen LogP contribution in [0, 0.1) is 11.3 Å². The van der Waals surface area contributed by atoms with E-state index in [-0.39, 0.29) is 29.1 Å². The number of carbonyl (C=O) groups excluding carboxylic acids is 2. The fourth-order valence-electron chi connectivity index (χ4n) is 3.32. The van der Waals surface area contributed by atoms with E-state index in [4.69, 9.17) is 5.26 Å². The molecular formula is C21H16F2N6O2. The van der Waals surface area contributed by atoms with Gasteiger partial charge in [-0.2, -0.15) is 10.4 Å². The summed E-state index contributed by atoms with van der Waals surface area (Å²) >= 11 is 0. The molecule has 0 radical (unpaired) electrons. The summed E-state index contributed by atoms with van der Waals surface area (Å²) in [6.07, 6.45) is 2.69. The Labute approximate surface area is 175 Å². The number of amides is 2. The molecule has 2 aromatic heterocycles. The molecule has 2 amide bonds. The number of carbonyl (C=O) groups is 2. The van der Waals surface area contributed by atoms with Gasteiger partial charge in [-0.3, -0.25) is 14.3 Å². The van der Waals surface area contributed by atoms with Gasteiger partial charge in [-0.05, 0) is 24.3 Å². The minimum absolute atomic E-state index is 0.0710. The molecule has 0 bridgehead atoms. The van der Waals surface area contributed by atoms with E-state index in [9.17, 15) is 18.4 Å². The van der Waals surface area contributed by atoms with Gasteiger partial charge in [0, 0.05) is 36.6 Å². The Bertz CT molecular complexity index is 1210. The lowest BCUT2D eigenvalue weighted by atomic mass is 10.1. The first-order chi connectivity index (χ1) is 14.8. The predicted molar refractivity (Wildman–Crippen MR) is 107 cm³/mol. The number of fused-ring (bicyclic) bond motifs is 1. The number of nitrogens with zero attached hydrogens (tertiary/aromatic N) is 5. The van der Waals surface area contributed by atoms with E-state index in [0.717, 1.165) is 6.92 Å². The van der Waals surface area contributed by atoms with Gasteiger partial charge in [0.05, 0.1) is 18.3 Å². The molecule has 3 aromatic rings. The monoisotopic (exact) mass is 422 g/mol. The van der Waals surface area contributed by atoms with Crippen LogP contribution in [0.2, 0.25) is 0 Å². The largest absolute Gasteiger partial charge is 0.322 e. The van der Waals surface area contributed by atoms with E-state index in [0.29, 0.717) is 17.9 Å². The lowest BCUT2D eigenvalue weighted by Gasteiger charge is -2.28. The molecule has 1 N–H and O–H groups in total. The van der Waals surface area contributed by atoms with Crippen molar-refractivity contribution >= 4 is 23.2 Å². The third-order valence-corrected chi connectivity index (χ3v) is 4.89. The maximum atomic E-state index is 13.5. The molecule has 4 rings (SSSR count). The highest BCUT2D eigenvalue weighted by Crippen LogP contribution is 2.30. The summed E-state index contributed by atoms with van der Waals surface area (Å²) in [5, 5.41) is 15.7. The average molecular weight is 422 g/mol. The second-order valence-electron chi connectivity index (χ2n) is 7.02. The highest BCUT2D eigenvalue weighted by Gasteiger charge is 2.32. The van der Waals surface area contributed by atoms with Crippen molar-refractivity contribution in [1.29, 1.82) is 5.26 Å². The normalized spacial score (nSPS) is 13.5. The number of aromatic nitrogens is 3. The van der Waals surface area contributed by atoms with Crippen molar-refractivity contribution in [3.8, 4) is 6.07 Å². The van der Waals surface area contributed by atoms with Gasteiger partial charge < -0.3 is 10.2 Å². The van der Waals surface area contributed by atoms with Crippen LogP contribution < -0.4 is 10.2 Å². The zero-order valence-corrected chi connectivity index (χ0v) is 16.3. The molecule has 0 aliphatic carbocycles. The Hall–Kier alpha value is -4.13. The van der Waals surface area contributed by atoms with Gasteiger partial charge in [0.2, 0.25) is 0 Å². The number of hydrogen-bond acceptors (Lipinski definition) is 5. The first kappa shape index (κ1) is 20.2. The maximum Gasteiger partial charge on any atom is 0.277 e. The summed E-state index contributed by atoms with van der Waals surface area (Å²) in [6.45, 7) is 1.43. The smallest absolute Gasteiger partial charge is 0.277 e. The summed E-state index contributed by atoms with van der Waals surface area (Å²) in [5.41, 5.74) is 0.959. The number of pyridine rings is 1. The first-order valence-corrected chi connectivity index (χ1v) is 9.31. The molecule has 10 heteroatoms. The molecule has 0 fully saturated rings. The Morgan fingerprint density at radius 2 is 1.97 bits per heavy atom. The Balaban J connectivity index is 1.60. The van der Waals surface area contributed by atoms with Gasteiger partial charge in [0.1, 0.15) is 17.5 Å². The van der Waals surface area contributed by atoms with Crippen LogP contribution >= 0.6 is 0 Å². The number of hydrogen-bond donors (Lipinski definition) is 1. The fourth-order valence-corrected chi connectivity index (χ4v) is 3.32. The molecule has 0 unspecified atom stereocenters. The summed E-state index contributed by atoms with van der Waals surface area (Å²) < 4.78 is 28.4. The van der Waals surface area contributed by atoms with Crippen molar-refractivity contribution in [3.05, 3.63) is 71.3 Å². The summed E-state index contributed by atoms with van der Waals surface area (Å²) in [6, 6.07) is 10.3. The highest BCUT2D eigenvalue weighted by atomic mass is 19.3. The molecule has 0 atom stereocenters. The van der Waals surface area contributed by atoms with Gasteiger partial charge in [-0.15, -0.1) is 0 Å². The minimum atomic E-state index is -2.98. The summed E-state index contributed by atoms with van der Waals surface area (Å²) in [5.74, 6) is -4.00. The molecule has 1 aliphatic heterocycles. The number of anilines is 2. The molecule has 8 nitrogen and oxygen atoms in total. The van der Waals surface area contributed by atoms with E-state index in [2.05, 4.69) is 15.4 Å². The molecule has 156 valence electrons. The van der Waals surface area contributed by atoms with Gasteiger partial charge in [-0.1, -0.05) is 12.1 Å². The van der Waals surface area contributed by atoms with Crippen LogP contribution in [0.3, 0.4) is 0 Å². The number of benzene rings is 1. The quantitative estimate of drug-likeness (QED) is 0.696. The Morgan fingerprint density at radius 1 is 1.23 bits per heavy atom. The number of rotatable bonds is 4. The SMILES string of the molecule is CC(F)(F)c1ccc(N2CCn3ncc(C(=O)Nc4ccnc(C#N)c4)c3C2=O)cc1. The minimum Gasteiger partial charge on any atom is -0.322 e. The molecule has 0 saturated heterocycles. The third-order valence-electron chi connectivity index (χ3n) is 4.89. The molecule has 3 heterocycles. The first-order valence-electron chi connectivity index (χ1n) is 9.31. The molecule has 0 saturated carbocycles. The molecule has 1 aliphatic rings. The van der Waals surface area contributed by atoms with Crippen LogP contribution in [0.5, 0.6) is 0 Å². The molecule has 31 heavy (non-hydrogen) atoms. The van der Waals surface area contributed by atoms with Gasteiger partial charge in [0.15, 0.2) is 0 Å². The van der Waals surface area contributed by atoms with Crippen molar-refractivity contribution in [2.75, 3.05) is 16.8 Å². The molecule has 1 aromatic carbocycles. The van der Waals surface area contributed by atoms with Crippen LogP contribution in [-0.4, -0.2) is 33.1 Å². The summed E-state index contributed by atoms with van der Waals surface area (Å²) in [4.78, 5) is 31.2. The van der Waals surface area contributed by atoms with E-state index < -0.39 is 17.7 Å². The number of nitriles is 1. The predicted octanol–water partition coefficient (Wildman–Crippen LogP) is 3.17. The zero-order chi connectivity index (χ0) is 22.2. The van der Waals surface area contributed by atoms with E-state index >= 15 is 0 Å². The Morgan fingerprint density at radius 3 is 2.65 bits per heavy atom. The average Bonchev–Trinajstić information content (AvgIpc) is 3.19. The van der Waals surface area contributed by atoms with E-state index in [1.165, 1.54) is 58.4 Å². The second kappa shape index (κ2) is 7.60. The fraction of sp³-hybridized carbons (Fsp3) is 0.190.